The zero-order valence-electron chi connectivity index (χ0n) is 9.41. The average Bonchev–Trinajstić information content (AvgIpc) is 2.77. The van der Waals surface area contributed by atoms with Crippen molar-refractivity contribution in [2.24, 2.45) is 0 Å². The van der Waals surface area contributed by atoms with Gasteiger partial charge >= 0.3 is 0 Å². The van der Waals surface area contributed by atoms with Crippen molar-refractivity contribution in [3.63, 3.8) is 0 Å². The van der Waals surface area contributed by atoms with E-state index in [1.54, 1.807) is 0 Å². The number of hydrogen-bond acceptors (Lipinski definition) is 1. The Morgan fingerprint density at radius 2 is 1.94 bits per heavy atom. The van der Waals surface area contributed by atoms with Crippen LogP contribution in [-0.2, 0) is 0 Å². The van der Waals surface area contributed by atoms with E-state index in [1.807, 2.05) is 6.20 Å². The van der Waals surface area contributed by atoms with Crippen LogP contribution in [0.25, 0.3) is 10.9 Å². The highest BCUT2D eigenvalue weighted by Gasteiger charge is 2.14. The molecular formula is C14H17NO. The van der Waals surface area contributed by atoms with Gasteiger partial charge in [0.15, 0.2) is 0 Å². The Kier molecular flexibility index (Phi) is 2.56. The van der Waals surface area contributed by atoms with Crippen LogP contribution in [0.1, 0.15) is 32.1 Å². The Labute approximate surface area is 95.6 Å². The first-order valence-electron chi connectivity index (χ1n) is 6.16. The molecule has 0 aliphatic heterocycles. The van der Waals surface area contributed by atoms with Crippen molar-refractivity contribution in [3.8, 4) is 5.75 Å². The third kappa shape index (κ3) is 1.92. The van der Waals surface area contributed by atoms with Gasteiger partial charge in [-0.05, 0) is 49.3 Å². The summed E-state index contributed by atoms with van der Waals surface area (Å²) in [5, 5.41) is 1.25. The first-order valence-corrected chi connectivity index (χ1v) is 6.16. The molecule has 1 heterocycles. The highest BCUT2D eigenvalue weighted by molar-refractivity contribution is 5.80. The Morgan fingerprint density at radius 3 is 2.81 bits per heavy atom. The predicted molar refractivity (Wildman–Crippen MR) is 65.8 cm³/mol. The van der Waals surface area contributed by atoms with E-state index in [-0.39, 0.29) is 0 Å². The maximum Gasteiger partial charge on any atom is 0.121 e. The molecule has 0 spiro atoms. The molecule has 1 aliphatic rings. The molecule has 0 unspecified atom stereocenters. The molecule has 2 nitrogen and oxygen atoms in total. The molecule has 1 aromatic carbocycles. The minimum Gasteiger partial charge on any atom is -0.490 e. The zero-order valence-corrected chi connectivity index (χ0v) is 9.41. The van der Waals surface area contributed by atoms with Gasteiger partial charge in [0.05, 0.1) is 6.10 Å². The summed E-state index contributed by atoms with van der Waals surface area (Å²) < 4.78 is 6.01. The molecule has 0 saturated heterocycles. The van der Waals surface area contributed by atoms with Gasteiger partial charge in [-0.25, -0.2) is 0 Å². The van der Waals surface area contributed by atoms with E-state index in [1.165, 1.54) is 37.5 Å². The van der Waals surface area contributed by atoms with E-state index in [9.17, 15) is 0 Å². The van der Waals surface area contributed by atoms with Gasteiger partial charge < -0.3 is 9.72 Å². The molecule has 2 heteroatoms. The second-order valence-corrected chi connectivity index (χ2v) is 4.60. The van der Waals surface area contributed by atoms with E-state index in [0.717, 1.165) is 11.3 Å². The summed E-state index contributed by atoms with van der Waals surface area (Å²) in [7, 11) is 0. The molecule has 1 fully saturated rings. The number of aromatic nitrogens is 1. The normalized spacial score (nSPS) is 17.8. The minimum atomic E-state index is 0.432. The van der Waals surface area contributed by atoms with Gasteiger partial charge in [0.1, 0.15) is 5.75 Å². The number of ether oxygens (including phenoxy) is 1. The number of hydrogen-bond donors (Lipinski definition) is 1. The summed E-state index contributed by atoms with van der Waals surface area (Å²) in [5.41, 5.74) is 1.16. The standard InChI is InChI=1S/C14H17NO/c1-2-4-12(5-3-1)16-13-7-6-11-8-9-15-14(11)10-13/h6-10,12,15H,1-5H2. The third-order valence-electron chi connectivity index (χ3n) is 3.38. The van der Waals surface area contributed by atoms with Crippen LogP contribution in [0.4, 0.5) is 0 Å². The maximum atomic E-state index is 6.01. The van der Waals surface area contributed by atoms with Gasteiger partial charge in [0, 0.05) is 17.8 Å². The Bertz CT molecular complexity index is 468. The van der Waals surface area contributed by atoms with Gasteiger partial charge in [-0.15, -0.1) is 0 Å². The second-order valence-electron chi connectivity index (χ2n) is 4.60. The van der Waals surface area contributed by atoms with Crippen molar-refractivity contribution < 1.29 is 4.74 Å². The average molecular weight is 215 g/mol. The van der Waals surface area contributed by atoms with Gasteiger partial charge in [-0.2, -0.15) is 0 Å². The maximum absolute atomic E-state index is 6.01. The number of H-pyrrole nitrogens is 1. The lowest BCUT2D eigenvalue weighted by molar-refractivity contribution is 0.155. The van der Waals surface area contributed by atoms with E-state index >= 15 is 0 Å². The van der Waals surface area contributed by atoms with Crippen molar-refractivity contribution in [1.29, 1.82) is 0 Å². The van der Waals surface area contributed by atoms with Crippen LogP contribution in [-0.4, -0.2) is 11.1 Å². The van der Waals surface area contributed by atoms with E-state index in [2.05, 4.69) is 29.2 Å². The Morgan fingerprint density at radius 1 is 1.06 bits per heavy atom. The smallest absolute Gasteiger partial charge is 0.121 e. The van der Waals surface area contributed by atoms with Crippen molar-refractivity contribution in [3.05, 3.63) is 30.5 Å². The first-order chi connectivity index (χ1) is 7.92. The SMILES string of the molecule is c1cc2ccc(OC3CCCCC3)cc2[nH]1. The van der Waals surface area contributed by atoms with Crippen LogP contribution in [0.5, 0.6) is 5.75 Å². The summed E-state index contributed by atoms with van der Waals surface area (Å²) >= 11 is 0. The third-order valence-corrected chi connectivity index (χ3v) is 3.38. The van der Waals surface area contributed by atoms with Crippen molar-refractivity contribution in [2.75, 3.05) is 0 Å². The van der Waals surface area contributed by atoms with Gasteiger partial charge in [0.25, 0.3) is 0 Å². The van der Waals surface area contributed by atoms with Gasteiger partial charge in [0.2, 0.25) is 0 Å². The number of aromatic amines is 1. The molecule has 84 valence electrons. The molecule has 0 atom stereocenters. The fourth-order valence-corrected chi connectivity index (χ4v) is 2.48. The second kappa shape index (κ2) is 4.20. The zero-order chi connectivity index (χ0) is 10.8. The van der Waals surface area contributed by atoms with E-state index in [4.69, 9.17) is 4.74 Å². The Hall–Kier alpha value is -1.44. The van der Waals surface area contributed by atoms with Crippen LogP contribution in [0.2, 0.25) is 0 Å². The molecule has 0 radical (unpaired) electrons. The van der Waals surface area contributed by atoms with Crippen LogP contribution in [0.15, 0.2) is 30.5 Å². The number of fused-ring (bicyclic) bond motifs is 1. The van der Waals surface area contributed by atoms with Gasteiger partial charge in [-0.1, -0.05) is 6.42 Å². The summed E-state index contributed by atoms with van der Waals surface area (Å²) in [6, 6.07) is 8.37. The van der Waals surface area contributed by atoms with Crippen LogP contribution in [0, 0.1) is 0 Å². The quantitative estimate of drug-likeness (QED) is 0.808. The number of benzene rings is 1. The highest BCUT2D eigenvalue weighted by Crippen LogP contribution is 2.25. The summed E-state index contributed by atoms with van der Waals surface area (Å²) in [6.45, 7) is 0. The minimum absolute atomic E-state index is 0.432. The topological polar surface area (TPSA) is 25.0 Å². The van der Waals surface area contributed by atoms with Crippen LogP contribution < -0.4 is 4.74 Å². The van der Waals surface area contributed by atoms with Crippen LogP contribution >= 0.6 is 0 Å². The largest absolute Gasteiger partial charge is 0.490 e. The van der Waals surface area contributed by atoms with Gasteiger partial charge in [-0.3, -0.25) is 0 Å². The molecule has 1 aromatic heterocycles. The molecule has 3 rings (SSSR count). The highest BCUT2D eigenvalue weighted by atomic mass is 16.5. The number of rotatable bonds is 2. The summed E-state index contributed by atoms with van der Waals surface area (Å²) in [5.74, 6) is 1.00. The van der Waals surface area contributed by atoms with Crippen molar-refractivity contribution >= 4 is 10.9 Å². The molecule has 2 aromatic rings. The van der Waals surface area contributed by atoms with Crippen LogP contribution in [0.3, 0.4) is 0 Å². The molecule has 0 amide bonds. The van der Waals surface area contributed by atoms with E-state index in [0.29, 0.717) is 6.10 Å². The lowest BCUT2D eigenvalue weighted by Gasteiger charge is -2.22. The predicted octanol–water partition coefficient (Wildman–Crippen LogP) is 3.88. The molecule has 1 saturated carbocycles. The molecule has 0 bridgehead atoms. The fourth-order valence-electron chi connectivity index (χ4n) is 2.48. The first kappa shape index (κ1) is 9.76. The molecular weight excluding hydrogens is 198 g/mol. The molecule has 16 heavy (non-hydrogen) atoms. The monoisotopic (exact) mass is 215 g/mol. The Balaban J connectivity index is 1.77. The van der Waals surface area contributed by atoms with Crippen molar-refractivity contribution in [1.82, 2.24) is 4.98 Å². The molecule has 1 N–H and O–H groups in total. The fraction of sp³-hybridized carbons (Fsp3) is 0.429. The summed E-state index contributed by atoms with van der Waals surface area (Å²) in [4.78, 5) is 3.22. The summed E-state index contributed by atoms with van der Waals surface area (Å²) in [6.07, 6.45) is 8.82. The van der Waals surface area contributed by atoms with Crippen molar-refractivity contribution in [2.45, 2.75) is 38.2 Å². The molecule has 1 aliphatic carbocycles. The lowest BCUT2D eigenvalue weighted by atomic mass is 9.98. The number of nitrogens with one attached hydrogen (secondary N) is 1. The lowest BCUT2D eigenvalue weighted by Crippen LogP contribution is -2.19. The van der Waals surface area contributed by atoms with E-state index < -0.39 is 0 Å².